The number of rotatable bonds is 7. The molecule has 2 unspecified atom stereocenters. The van der Waals surface area contributed by atoms with Crippen LogP contribution in [0.4, 0.5) is 5.69 Å². The van der Waals surface area contributed by atoms with Crippen molar-refractivity contribution in [1.29, 1.82) is 0 Å². The summed E-state index contributed by atoms with van der Waals surface area (Å²) < 4.78 is 32.1. The maximum atomic E-state index is 12.6. The fourth-order valence-electron chi connectivity index (χ4n) is 3.36. The van der Waals surface area contributed by atoms with Crippen LogP contribution < -0.4 is 25.6 Å². The van der Waals surface area contributed by atoms with Crippen LogP contribution in [0, 0.1) is 0 Å². The van der Waals surface area contributed by atoms with Crippen LogP contribution in [-0.2, 0) is 14.8 Å². The van der Waals surface area contributed by atoms with Gasteiger partial charge >= 0.3 is 0 Å². The molecule has 0 saturated carbocycles. The lowest BCUT2D eigenvalue weighted by Gasteiger charge is -2.14. The van der Waals surface area contributed by atoms with Crippen LogP contribution >= 0.6 is 0 Å². The highest BCUT2D eigenvalue weighted by molar-refractivity contribution is 7.89. The van der Waals surface area contributed by atoms with E-state index in [1.807, 2.05) is 24.3 Å². The molecule has 30 heavy (non-hydrogen) atoms. The number of anilines is 1. The lowest BCUT2D eigenvalue weighted by atomic mass is 10.0. The number of methoxy groups -OCH3 is 1. The number of carbonyl (C=O) groups is 1. The Balaban J connectivity index is 1.70. The lowest BCUT2D eigenvalue weighted by molar-refractivity contribution is -0.117. The van der Waals surface area contributed by atoms with Crippen LogP contribution in [0.5, 0.6) is 5.75 Å². The molecule has 1 amide bonds. The van der Waals surface area contributed by atoms with Crippen LogP contribution in [0.3, 0.4) is 0 Å². The normalized spacial score (nSPS) is 19.1. The van der Waals surface area contributed by atoms with E-state index in [0.29, 0.717) is 12.3 Å². The van der Waals surface area contributed by atoms with Crippen molar-refractivity contribution in [3.63, 3.8) is 0 Å². The van der Waals surface area contributed by atoms with Crippen molar-refractivity contribution in [3.8, 4) is 5.75 Å². The fraction of sp³-hybridized carbons (Fsp3) is 0.381. The molecule has 2 atom stereocenters. The minimum Gasteiger partial charge on any atom is -0.495 e. The third-order valence-electron chi connectivity index (χ3n) is 5.21. The molecule has 2 aromatic carbocycles. The van der Waals surface area contributed by atoms with Gasteiger partial charge in [-0.25, -0.2) is 24.0 Å². The molecule has 1 aliphatic rings. The van der Waals surface area contributed by atoms with Crippen LogP contribution in [0.2, 0.25) is 0 Å². The molecular weight excluding hydrogens is 404 g/mol. The Hall–Kier alpha value is -2.46. The molecule has 3 rings (SSSR count). The molecule has 162 valence electrons. The predicted octanol–water partition coefficient (Wildman–Crippen LogP) is 2.27. The molecule has 0 aromatic heterocycles. The van der Waals surface area contributed by atoms with E-state index in [1.165, 1.54) is 19.7 Å². The summed E-state index contributed by atoms with van der Waals surface area (Å²) in [4.78, 5) is 12.7. The second kappa shape index (κ2) is 9.13. The Morgan fingerprint density at radius 3 is 2.43 bits per heavy atom. The van der Waals surface area contributed by atoms with Gasteiger partial charge in [-0.15, -0.1) is 0 Å². The highest BCUT2D eigenvalue weighted by Crippen LogP contribution is 2.30. The van der Waals surface area contributed by atoms with Gasteiger partial charge in [0.05, 0.1) is 7.11 Å². The molecule has 0 radical (unpaired) electrons. The van der Waals surface area contributed by atoms with Gasteiger partial charge in [0.15, 0.2) is 0 Å². The number of carbonyl (C=O) groups excluding carboxylic acids is 1. The first-order valence-electron chi connectivity index (χ1n) is 9.78. The number of hydrogen-bond donors (Lipinski definition) is 4. The SMILES string of the molecule is CNS(=O)(=O)c1cc(C2CC(C(=O)Nc3ccc(C(C)C)cc3)NN2)ccc1OC. The molecular formula is C21H28N4O4S. The summed E-state index contributed by atoms with van der Waals surface area (Å²) in [5, 5.41) is 2.92. The zero-order valence-electron chi connectivity index (χ0n) is 17.5. The quantitative estimate of drug-likeness (QED) is 0.535. The van der Waals surface area contributed by atoms with Gasteiger partial charge in [0.1, 0.15) is 16.7 Å². The van der Waals surface area contributed by atoms with Crippen molar-refractivity contribution in [3.05, 3.63) is 53.6 Å². The zero-order valence-corrected chi connectivity index (χ0v) is 18.3. The van der Waals surface area contributed by atoms with E-state index in [1.54, 1.807) is 18.2 Å². The molecule has 9 heteroatoms. The molecule has 1 saturated heterocycles. The highest BCUT2D eigenvalue weighted by atomic mass is 32.2. The number of benzene rings is 2. The van der Waals surface area contributed by atoms with E-state index < -0.39 is 16.1 Å². The minimum atomic E-state index is -3.68. The molecule has 0 spiro atoms. The number of amides is 1. The monoisotopic (exact) mass is 432 g/mol. The van der Waals surface area contributed by atoms with Crippen molar-refractivity contribution in [1.82, 2.24) is 15.6 Å². The van der Waals surface area contributed by atoms with Crippen molar-refractivity contribution in [2.45, 2.75) is 43.2 Å². The van der Waals surface area contributed by atoms with Crippen LogP contribution in [-0.4, -0.2) is 34.5 Å². The van der Waals surface area contributed by atoms with Gasteiger partial charge in [-0.2, -0.15) is 0 Å². The Morgan fingerprint density at radius 1 is 1.13 bits per heavy atom. The van der Waals surface area contributed by atoms with Crippen LogP contribution in [0.1, 0.15) is 43.4 Å². The third-order valence-corrected chi connectivity index (χ3v) is 6.65. The second-order valence-electron chi connectivity index (χ2n) is 7.51. The van der Waals surface area contributed by atoms with Gasteiger partial charge < -0.3 is 10.1 Å². The molecule has 1 aliphatic heterocycles. The lowest BCUT2D eigenvalue weighted by Crippen LogP contribution is -2.39. The topological polar surface area (TPSA) is 109 Å². The summed E-state index contributed by atoms with van der Waals surface area (Å²) in [5.41, 5.74) is 8.77. The van der Waals surface area contributed by atoms with Gasteiger partial charge in [-0.1, -0.05) is 32.0 Å². The molecule has 1 heterocycles. The van der Waals surface area contributed by atoms with E-state index in [-0.39, 0.29) is 22.6 Å². The number of nitrogens with one attached hydrogen (secondary N) is 4. The summed E-state index contributed by atoms with van der Waals surface area (Å²) in [7, 11) is -0.900. The average molecular weight is 433 g/mol. The second-order valence-corrected chi connectivity index (χ2v) is 9.37. The van der Waals surface area contributed by atoms with Crippen molar-refractivity contribution in [2.75, 3.05) is 19.5 Å². The zero-order chi connectivity index (χ0) is 21.9. The minimum absolute atomic E-state index is 0.0601. The number of hydrogen-bond acceptors (Lipinski definition) is 6. The highest BCUT2D eigenvalue weighted by Gasteiger charge is 2.31. The van der Waals surface area contributed by atoms with Gasteiger partial charge in [-0.3, -0.25) is 4.79 Å². The third kappa shape index (κ3) is 4.81. The Labute approximate surface area is 177 Å². The largest absolute Gasteiger partial charge is 0.495 e. The summed E-state index contributed by atoms with van der Waals surface area (Å²) in [6.45, 7) is 4.24. The van der Waals surface area contributed by atoms with Gasteiger partial charge in [0.25, 0.3) is 0 Å². The average Bonchev–Trinajstić information content (AvgIpc) is 3.24. The van der Waals surface area contributed by atoms with Crippen molar-refractivity contribution < 1.29 is 17.9 Å². The first-order chi connectivity index (χ1) is 14.2. The smallest absolute Gasteiger partial charge is 0.244 e. The van der Waals surface area contributed by atoms with Crippen molar-refractivity contribution >= 4 is 21.6 Å². The Morgan fingerprint density at radius 2 is 1.83 bits per heavy atom. The number of ether oxygens (including phenoxy) is 1. The molecule has 0 aliphatic carbocycles. The summed E-state index contributed by atoms with van der Waals surface area (Å²) in [6.07, 6.45) is 0.473. The van der Waals surface area contributed by atoms with Crippen LogP contribution in [0.15, 0.2) is 47.4 Å². The fourth-order valence-corrected chi connectivity index (χ4v) is 4.28. The number of hydrazine groups is 1. The van der Waals surface area contributed by atoms with E-state index in [9.17, 15) is 13.2 Å². The summed E-state index contributed by atoms with van der Waals surface area (Å²) in [5.74, 6) is 0.536. The van der Waals surface area contributed by atoms with Gasteiger partial charge in [0, 0.05) is 11.7 Å². The predicted molar refractivity (Wildman–Crippen MR) is 116 cm³/mol. The van der Waals surface area contributed by atoms with E-state index in [4.69, 9.17) is 4.74 Å². The molecule has 8 nitrogen and oxygen atoms in total. The Bertz CT molecular complexity index is 1010. The maximum Gasteiger partial charge on any atom is 0.244 e. The molecule has 0 bridgehead atoms. The molecule has 2 aromatic rings. The van der Waals surface area contributed by atoms with Crippen molar-refractivity contribution in [2.24, 2.45) is 0 Å². The van der Waals surface area contributed by atoms with E-state index in [2.05, 4.69) is 34.7 Å². The van der Waals surface area contributed by atoms with Gasteiger partial charge in [0.2, 0.25) is 15.9 Å². The molecule has 1 fully saturated rings. The molecule has 4 N–H and O–H groups in total. The van der Waals surface area contributed by atoms with Crippen LogP contribution in [0.25, 0.3) is 0 Å². The standard InChI is InChI=1S/C21H28N4O4S/c1-13(2)14-5-8-16(9-6-14)23-21(26)18-12-17(24-25-18)15-7-10-19(29-4)20(11-15)30(27,28)22-3/h5-11,13,17-18,22,24-25H,12H2,1-4H3,(H,23,26). The summed E-state index contributed by atoms with van der Waals surface area (Å²) in [6, 6.07) is 12.1. The van der Waals surface area contributed by atoms with E-state index in [0.717, 1.165) is 11.3 Å². The van der Waals surface area contributed by atoms with E-state index >= 15 is 0 Å². The number of sulfonamides is 1. The first-order valence-corrected chi connectivity index (χ1v) is 11.3. The maximum absolute atomic E-state index is 12.6. The first kappa shape index (κ1) is 22.2. The Kier molecular flexibility index (Phi) is 6.77. The summed E-state index contributed by atoms with van der Waals surface area (Å²) >= 11 is 0. The van der Waals surface area contributed by atoms with Gasteiger partial charge in [-0.05, 0) is 54.8 Å².